The Morgan fingerprint density at radius 1 is 1.12 bits per heavy atom. The Balaban J connectivity index is 2.45. The van der Waals surface area contributed by atoms with E-state index in [9.17, 15) is 4.79 Å². The van der Waals surface area contributed by atoms with E-state index in [1.165, 1.54) is 6.08 Å². The Hall–Kier alpha value is -2.79. The van der Waals surface area contributed by atoms with E-state index in [0.29, 0.717) is 30.4 Å². The molecule has 0 aromatic heterocycles. The van der Waals surface area contributed by atoms with Crippen LogP contribution in [0.15, 0.2) is 55.1 Å². The van der Waals surface area contributed by atoms with Crippen LogP contribution in [-0.4, -0.2) is 33.3 Å². The van der Waals surface area contributed by atoms with Crippen molar-refractivity contribution in [2.45, 2.75) is 0 Å². The van der Waals surface area contributed by atoms with E-state index in [1.54, 1.807) is 26.4 Å². The highest BCUT2D eigenvalue weighted by molar-refractivity contribution is 6.02. The van der Waals surface area contributed by atoms with Crippen LogP contribution in [0.2, 0.25) is 0 Å². The van der Waals surface area contributed by atoms with Crippen molar-refractivity contribution in [3.05, 3.63) is 55.1 Å². The van der Waals surface area contributed by atoms with Crippen LogP contribution in [0.4, 0.5) is 5.69 Å². The summed E-state index contributed by atoms with van der Waals surface area (Å²) in [7, 11) is 3.22. The van der Waals surface area contributed by atoms with Gasteiger partial charge in [-0.25, -0.2) is 0 Å². The molecule has 0 radical (unpaired) electrons. The zero-order valence-corrected chi connectivity index (χ0v) is 13.9. The van der Waals surface area contributed by atoms with Gasteiger partial charge in [-0.3, -0.25) is 4.79 Å². The van der Waals surface area contributed by atoms with Crippen molar-refractivity contribution in [3.63, 3.8) is 0 Å². The maximum absolute atomic E-state index is 11.7. The standard InChI is InChI=1S/C19H21NO4/c1-4-19(21)20-17-10-9-14(23-3)13-16(17)15-7-5-6-8-18(15)24-12-11-22-2/h4-10,13H,1,11-12H2,2-3H3,(H,20,21). The van der Waals surface area contributed by atoms with E-state index < -0.39 is 0 Å². The van der Waals surface area contributed by atoms with Gasteiger partial charge in [0.1, 0.15) is 18.1 Å². The summed E-state index contributed by atoms with van der Waals surface area (Å²) in [5.74, 6) is 1.12. The van der Waals surface area contributed by atoms with E-state index in [4.69, 9.17) is 14.2 Å². The fourth-order valence-corrected chi connectivity index (χ4v) is 2.22. The van der Waals surface area contributed by atoms with Gasteiger partial charge < -0.3 is 19.5 Å². The maximum atomic E-state index is 11.7. The summed E-state index contributed by atoms with van der Waals surface area (Å²) in [6.07, 6.45) is 1.23. The fourth-order valence-electron chi connectivity index (χ4n) is 2.22. The van der Waals surface area contributed by atoms with Gasteiger partial charge in [-0.2, -0.15) is 0 Å². The summed E-state index contributed by atoms with van der Waals surface area (Å²) >= 11 is 0. The first-order valence-electron chi connectivity index (χ1n) is 7.52. The van der Waals surface area contributed by atoms with Crippen LogP contribution in [0, 0.1) is 0 Å². The van der Waals surface area contributed by atoms with Gasteiger partial charge in [-0.15, -0.1) is 0 Å². The molecule has 0 aliphatic rings. The zero-order chi connectivity index (χ0) is 17.4. The number of hydrogen-bond acceptors (Lipinski definition) is 4. The Bertz CT molecular complexity index is 712. The van der Waals surface area contributed by atoms with E-state index in [1.807, 2.05) is 30.3 Å². The van der Waals surface area contributed by atoms with Gasteiger partial charge in [0.15, 0.2) is 0 Å². The van der Waals surface area contributed by atoms with Crippen molar-refractivity contribution in [2.75, 3.05) is 32.8 Å². The number of carbonyl (C=O) groups excluding carboxylic acids is 1. The topological polar surface area (TPSA) is 56.8 Å². The molecule has 5 heteroatoms. The predicted octanol–water partition coefficient (Wildman–Crippen LogP) is 3.51. The lowest BCUT2D eigenvalue weighted by Crippen LogP contribution is -2.09. The van der Waals surface area contributed by atoms with Gasteiger partial charge in [0, 0.05) is 23.9 Å². The first-order chi connectivity index (χ1) is 11.7. The van der Waals surface area contributed by atoms with Crippen LogP contribution in [0.3, 0.4) is 0 Å². The molecule has 0 fully saturated rings. The largest absolute Gasteiger partial charge is 0.497 e. The number of methoxy groups -OCH3 is 2. The Labute approximate surface area is 141 Å². The van der Waals surface area contributed by atoms with Gasteiger partial charge in [0.25, 0.3) is 0 Å². The average molecular weight is 327 g/mol. The minimum Gasteiger partial charge on any atom is -0.497 e. The average Bonchev–Trinajstić information content (AvgIpc) is 2.62. The van der Waals surface area contributed by atoms with Crippen molar-refractivity contribution in [1.29, 1.82) is 0 Å². The molecule has 0 atom stereocenters. The van der Waals surface area contributed by atoms with E-state index in [2.05, 4.69) is 11.9 Å². The van der Waals surface area contributed by atoms with Crippen molar-refractivity contribution in [2.24, 2.45) is 0 Å². The molecule has 0 heterocycles. The predicted molar refractivity (Wildman–Crippen MR) is 94.6 cm³/mol. The molecule has 0 bridgehead atoms. The van der Waals surface area contributed by atoms with E-state index in [0.717, 1.165) is 11.1 Å². The number of ether oxygens (including phenoxy) is 3. The summed E-state index contributed by atoms with van der Waals surface area (Å²) in [6.45, 7) is 4.41. The second-order valence-corrected chi connectivity index (χ2v) is 4.94. The molecule has 0 unspecified atom stereocenters. The lowest BCUT2D eigenvalue weighted by molar-refractivity contribution is -0.111. The lowest BCUT2D eigenvalue weighted by atomic mass is 10.0. The molecule has 0 aliphatic heterocycles. The Kier molecular flexibility index (Phi) is 6.40. The summed E-state index contributed by atoms with van der Waals surface area (Å²) < 4.78 is 16.1. The highest BCUT2D eigenvalue weighted by Gasteiger charge is 2.13. The number of benzene rings is 2. The maximum Gasteiger partial charge on any atom is 0.247 e. The molecule has 0 saturated heterocycles. The second kappa shape index (κ2) is 8.74. The van der Waals surface area contributed by atoms with Crippen molar-refractivity contribution in [3.8, 4) is 22.6 Å². The van der Waals surface area contributed by atoms with Gasteiger partial charge in [-0.1, -0.05) is 24.8 Å². The minimum absolute atomic E-state index is 0.279. The van der Waals surface area contributed by atoms with Crippen molar-refractivity contribution in [1.82, 2.24) is 0 Å². The molecule has 0 aliphatic carbocycles. The first kappa shape index (κ1) is 17.6. The number of amides is 1. The summed E-state index contributed by atoms with van der Waals surface area (Å²) in [5.41, 5.74) is 2.31. The van der Waals surface area contributed by atoms with Gasteiger partial charge in [-0.05, 0) is 30.3 Å². The molecule has 0 spiro atoms. The number of carbonyl (C=O) groups is 1. The molecular weight excluding hydrogens is 306 g/mol. The normalized spacial score (nSPS) is 10.1. The SMILES string of the molecule is C=CC(=O)Nc1ccc(OC)cc1-c1ccccc1OCCOC. The molecule has 0 saturated carbocycles. The molecule has 2 rings (SSSR count). The number of nitrogens with one attached hydrogen (secondary N) is 1. The quantitative estimate of drug-likeness (QED) is 0.595. The second-order valence-electron chi connectivity index (χ2n) is 4.94. The van der Waals surface area contributed by atoms with E-state index >= 15 is 0 Å². The summed E-state index contributed by atoms with van der Waals surface area (Å²) in [4.78, 5) is 11.7. The minimum atomic E-state index is -0.279. The molecule has 2 aromatic carbocycles. The number of hydrogen-bond donors (Lipinski definition) is 1. The van der Waals surface area contributed by atoms with Crippen molar-refractivity contribution >= 4 is 11.6 Å². The third-order valence-corrected chi connectivity index (χ3v) is 3.39. The van der Waals surface area contributed by atoms with Crippen LogP contribution >= 0.6 is 0 Å². The monoisotopic (exact) mass is 327 g/mol. The summed E-state index contributed by atoms with van der Waals surface area (Å²) in [6, 6.07) is 13.1. The number of para-hydroxylation sites is 1. The van der Waals surface area contributed by atoms with Crippen LogP contribution < -0.4 is 14.8 Å². The zero-order valence-electron chi connectivity index (χ0n) is 13.9. The third-order valence-electron chi connectivity index (χ3n) is 3.39. The molecule has 24 heavy (non-hydrogen) atoms. The molecular formula is C19H21NO4. The number of anilines is 1. The third kappa shape index (κ3) is 4.36. The molecule has 2 aromatic rings. The van der Waals surface area contributed by atoms with E-state index in [-0.39, 0.29) is 5.91 Å². The van der Waals surface area contributed by atoms with Gasteiger partial charge in [0.2, 0.25) is 5.91 Å². The smallest absolute Gasteiger partial charge is 0.247 e. The van der Waals surface area contributed by atoms with Crippen LogP contribution in [0.1, 0.15) is 0 Å². The first-order valence-corrected chi connectivity index (χ1v) is 7.52. The van der Waals surface area contributed by atoms with Gasteiger partial charge in [0.05, 0.1) is 13.7 Å². The lowest BCUT2D eigenvalue weighted by Gasteiger charge is -2.16. The van der Waals surface area contributed by atoms with Crippen LogP contribution in [-0.2, 0) is 9.53 Å². The van der Waals surface area contributed by atoms with Crippen LogP contribution in [0.25, 0.3) is 11.1 Å². The highest BCUT2D eigenvalue weighted by Crippen LogP contribution is 2.37. The summed E-state index contributed by atoms with van der Waals surface area (Å²) in [5, 5.41) is 2.81. The fraction of sp³-hybridized carbons (Fsp3) is 0.211. The molecule has 1 N–H and O–H groups in total. The van der Waals surface area contributed by atoms with Gasteiger partial charge >= 0.3 is 0 Å². The number of rotatable bonds is 8. The Morgan fingerprint density at radius 2 is 1.92 bits per heavy atom. The van der Waals surface area contributed by atoms with Crippen molar-refractivity contribution < 1.29 is 19.0 Å². The molecule has 5 nitrogen and oxygen atoms in total. The van der Waals surface area contributed by atoms with Crippen LogP contribution in [0.5, 0.6) is 11.5 Å². The molecule has 1 amide bonds. The molecule has 126 valence electrons. The highest BCUT2D eigenvalue weighted by atomic mass is 16.5. The Morgan fingerprint density at radius 3 is 2.62 bits per heavy atom.